The highest BCUT2D eigenvalue weighted by atomic mass is 32.2. The van der Waals surface area contributed by atoms with E-state index < -0.39 is 53.1 Å². The number of halogens is 3. The highest BCUT2D eigenvalue weighted by Gasteiger charge is 2.35. The van der Waals surface area contributed by atoms with Crippen LogP contribution in [0, 0.1) is 12.1 Å². The van der Waals surface area contributed by atoms with Crippen LogP contribution in [0.15, 0.2) is 64.8 Å². The summed E-state index contributed by atoms with van der Waals surface area (Å²) < 4.78 is 83.5. The molecule has 0 saturated carbocycles. The minimum absolute atomic E-state index is 0.0762. The van der Waals surface area contributed by atoms with Crippen molar-refractivity contribution in [3.05, 3.63) is 71.1 Å². The maximum Gasteiger partial charge on any atom is 0.511 e. The first kappa shape index (κ1) is 34.8. The Kier molecular flexibility index (Phi) is 10.8. The summed E-state index contributed by atoms with van der Waals surface area (Å²) in [5, 5.41) is 20.2. The number of rotatable bonds is 10. The van der Waals surface area contributed by atoms with Crippen molar-refractivity contribution in [2.75, 3.05) is 19.9 Å². The number of amides is 1. The molecule has 3 aromatic rings. The van der Waals surface area contributed by atoms with Gasteiger partial charge in [-0.3, -0.25) is 0 Å². The number of ether oxygens (including phenoxy) is 3. The van der Waals surface area contributed by atoms with E-state index in [-0.39, 0.29) is 47.2 Å². The van der Waals surface area contributed by atoms with Crippen molar-refractivity contribution in [3.63, 3.8) is 0 Å². The first-order chi connectivity index (χ1) is 22.1. The molecule has 0 spiro atoms. The maximum atomic E-state index is 13.5. The van der Waals surface area contributed by atoms with Crippen LogP contribution in [0.4, 0.5) is 22.8 Å². The lowest BCUT2D eigenvalue weighted by molar-refractivity contribution is -0.714. The van der Waals surface area contributed by atoms with Gasteiger partial charge in [-0.05, 0) is 51.1 Å². The minimum atomic E-state index is -4.71. The second-order valence-electron chi connectivity index (χ2n) is 10.5. The van der Waals surface area contributed by atoms with Gasteiger partial charge in [-0.25, -0.2) is 27.4 Å². The molecular weight excluding hydrogens is 653 g/mol. The van der Waals surface area contributed by atoms with Crippen LogP contribution in [-0.4, -0.2) is 72.5 Å². The fraction of sp³-hybridized carbons (Fsp3) is 0.393. The number of hydrogen-bond donors (Lipinski definition) is 1. The lowest BCUT2D eigenvalue weighted by Crippen LogP contribution is -2.43. The van der Waals surface area contributed by atoms with Crippen LogP contribution in [0.25, 0.3) is 16.9 Å². The quantitative estimate of drug-likeness (QED) is 0.0753. The van der Waals surface area contributed by atoms with Gasteiger partial charge >= 0.3 is 18.4 Å². The molecule has 1 aliphatic heterocycles. The molecule has 1 saturated heterocycles. The van der Waals surface area contributed by atoms with Crippen LogP contribution in [0.2, 0.25) is 0 Å². The molecule has 1 N–H and O–H groups in total. The fourth-order valence-corrected chi connectivity index (χ4v) is 5.19. The van der Waals surface area contributed by atoms with Crippen molar-refractivity contribution in [3.8, 4) is 16.9 Å². The first-order valence-corrected chi connectivity index (χ1v) is 15.6. The number of aryl methyl sites for hydroxylation is 1. The summed E-state index contributed by atoms with van der Waals surface area (Å²) in [5.41, 5.74) is 0.533. The van der Waals surface area contributed by atoms with Gasteiger partial charge in [0.2, 0.25) is 5.28 Å². The van der Waals surface area contributed by atoms with Crippen molar-refractivity contribution < 1.29 is 55.2 Å². The van der Waals surface area contributed by atoms with E-state index in [9.17, 15) is 36.4 Å². The van der Waals surface area contributed by atoms with E-state index in [4.69, 9.17) is 9.47 Å². The monoisotopic (exact) mass is 684 g/mol. The summed E-state index contributed by atoms with van der Waals surface area (Å²) in [6.45, 7) is 4.57. The number of nitrogens with zero attached hydrogens (tertiary/aromatic N) is 5. The predicted octanol–water partition coefficient (Wildman–Crippen LogP) is 5.07. The Morgan fingerprint density at radius 2 is 1.74 bits per heavy atom. The van der Waals surface area contributed by atoms with Gasteiger partial charge in [-0.15, -0.1) is 5.01 Å². The van der Waals surface area contributed by atoms with Crippen LogP contribution < -0.4 is 4.72 Å². The van der Waals surface area contributed by atoms with Crippen molar-refractivity contribution in [2.45, 2.75) is 56.9 Å². The summed E-state index contributed by atoms with van der Waals surface area (Å²) in [5.74, 6) is 0. The second kappa shape index (κ2) is 14.6. The lowest BCUT2D eigenvalue weighted by atomic mass is 10.1. The third-order valence-corrected chi connectivity index (χ3v) is 7.91. The zero-order valence-corrected chi connectivity index (χ0v) is 26.2. The Labute approximate surface area is 267 Å². The molecule has 0 aliphatic carbocycles. The number of carbonyl (C=O) groups excluding carboxylic acids is 2. The van der Waals surface area contributed by atoms with Crippen LogP contribution in [0.5, 0.6) is 0 Å². The molecule has 2 heterocycles. The number of hydrazine groups is 1. The molecule has 19 heteroatoms. The van der Waals surface area contributed by atoms with Gasteiger partial charge < -0.3 is 24.3 Å². The SMILES string of the molecule is Cc1ccc(-c2cc(C(F)(F)F)nn2-c2ccc(S(=O)(=O)NC(=O)OC3CCN([N+]([O-])=NOCOC(=O)OC(C)C)CC3)cc2)cc1. The summed E-state index contributed by atoms with van der Waals surface area (Å²) in [4.78, 5) is 28.1. The lowest BCUT2D eigenvalue weighted by Gasteiger charge is -2.27. The smallest absolute Gasteiger partial charge is 0.511 e. The molecule has 4 rings (SSSR count). The largest absolute Gasteiger partial charge is 0.569 e. The van der Waals surface area contributed by atoms with E-state index in [2.05, 4.69) is 20.0 Å². The average Bonchev–Trinajstić information content (AvgIpc) is 3.46. The van der Waals surface area contributed by atoms with Gasteiger partial charge in [-0.2, -0.15) is 18.3 Å². The van der Waals surface area contributed by atoms with Crippen molar-refractivity contribution >= 4 is 22.3 Å². The van der Waals surface area contributed by atoms with Gasteiger partial charge in [-0.1, -0.05) is 29.8 Å². The van der Waals surface area contributed by atoms with E-state index in [0.717, 1.165) is 28.4 Å². The Morgan fingerprint density at radius 3 is 2.34 bits per heavy atom. The number of sulfonamides is 1. The fourth-order valence-electron chi connectivity index (χ4n) is 4.31. The highest BCUT2D eigenvalue weighted by Crippen LogP contribution is 2.33. The van der Waals surface area contributed by atoms with Crippen LogP contribution in [0.3, 0.4) is 0 Å². The molecule has 1 aromatic heterocycles. The number of hydrogen-bond acceptors (Lipinski definition) is 11. The number of piperidine rings is 1. The summed E-state index contributed by atoms with van der Waals surface area (Å²) in [6, 6.07) is 12.4. The molecule has 15 nitrogen and oxygen atoms in total. The topological polar surface area (TPSA) is 177 Å². The molecule has 254 valence electrons. The molecule has 0 bridgehead atoms. The Hall–Kier alpha value is -5.07. The Morgan fingerprint density at radius 1 is 1.11 bits per heavy atom. The van der Waals surface area contributed by atoms with E-state index >= 15 is 0 Å². The van der Waals surface area contributed by atoms with Gasteiger partial charge in [0.05, 0.1) is 40.4 Å². The average molecular weight is 685 g/mol. The highest BCUT2D eigenvalue weighted by molar-refractivity contribution is 7.90. The van der Waals surface area contributed by atoms with Gasteiger partial charge in [0.25, 0.3) is 16.8 Å². The maximum absolute atomic E-state index is 13.5. The standard InChI is InChI=1S/C28H31F3N6O9S/c1-18(2)45-27(39)43-17-44-34-37(40)35-14-12-22(13-15-35)46-26(38)33-47(41,42)23-10-8-21(9-11-23)36-24(16-25(32-36)28(29,30)31)20-6-4-19(3)5-7-20/h4-11,16,18,22H,12-15,17H2,1-3H3,(H,33,38). The zero-order valence-electron chi connectivity index (χ0n) is 25.3. The first-order valence-electron chi connectivity index (χ1n) is 14.1. The van der Waals surface area contributed by atoms with Crippen molar-refractivity contribution in [1.29, 1.82) is 0 Å². The predicted molar refractivity (Wildman–Crippen MR) is 155 cm³/mol. The van der Waals surface area contributed by atoms with Crippen LogP contribution in [0.1, 0.15) is 37.9 Å². The van der Waals surface area contributed by atoms with Crippen LogP contribution in [-0.2, 0) is 35.2 Å². The number of carbonyl (C=O) groups is 2. The van der Waals surface area contributed by atoms with Crippen LogP contribution >= 0.6 is 0 Å². The van der Waals surface area contributed by atoms with Crippen molar-refractivity contribution in [2.24, 2.45) is 5.28 Å². The summed E-state index contributed by atoms with van der Waals surface area (Å²) >= 11 is 0. The van der Waals surface area contributed by atoms with Gasteiger partial charge in [0, 0.05) is 18.4 Å². The minimum Gasteiger partial charge on any atom is -0.569 e. The molecular formula is C28H31F3N6O9S. The molecule has 0 radical (unpaired) electrons. The third kappa shape index (κ3) is 9.47. The number of aromatic nitrogens is 2. The molecule has 0 atom stereocenters. The molecule has 0 unspecified atom stereocenters. The Bertz CT molecular complexity index is 1690. The summed E-state index contributed by atoms with van der Waals surface area (Å²) in [6.07, 6.45) is -7.79. The molecule has 47 heavy (non-hydrogen) atoms. The van der Waals surface area contributed by atoms with Crippen molar-refractivity contribution in [1.82, 2.24) is 19.5 Å². The normalized spacial score (nSPS) is 14.5. The molecule has 1 amide bonds. The molecule has 2 aromatic carbocycles. The third-order valence-electron chi connectivity index (χ3n) is 6.58. The van der Waals surface area contributed by atoms with E-state index in [1.165, 1.54) is 17.1 Å². The van der Waals surface area contributed by atoms with Gasteiger partial charge in [0.15, 0.2) is 5.69 Å². The van der Waals surface area contributed by atoms with E-state index in [0.29, 0.717) is 5.56 Å². The summed E-state index contributed by atoms with van der Waals surface area (Å²) in [7, 11) is -4.42. The number of nitrogens with one attached hydrogen (secondary N) is 1. The van der Waals surface area contributed by atoms with E-state index in [1.54, 1.807) is 42.8 Å². The Balaban J connectivity index is 1.33. The number of alkyl halides is 3. The van der Waals surface area contributed by atoms with E-state index in [1.807, 2.05) is 6.92 Å². The van der Waals surface area contributed by atoms with Gasteiger partial charge in [0.1, 0.15) is 6.10 Å². The molecule has 1 aliphatic rings. The zero-order chi connectivity index (χ0) is 34.4. The number of benzene rings is 2. The molecule has 1 fully saturated rings. The second-order valence-corrected chi connectivity index (χ2v) is 12.2.